The Morgan fingerprint density at radius 2 is 0.746 bits per heavy atom. The van der Waals surface area contributed by atoms with E-state index >= 15 is 0 Å². The molecular weight excluding hydrogens is 733 g/mol. The van der Waals surface area contributed by atoms with E-state index in [-0.39, 0.29) is 11.8 Å². The summed E-state index contributed by atoms with van der Waals surface area (Å²) < 4.78 is 6.07. The van der Waals surface area contributed by atoms with Gasteiger partial charge in [0.25, 0.3) is 11.8 Å². The number of aromatic nitrogens is 4. The van der Waals surface area contributed by atoms with Crippen molar-refractivity contribution in [1.82, 2.24) is 19.9 Å². The standard InChI is InChI=1S/C50H28N6O3/c57-49(29-13-23-39-41(25-29)55-47-37-11-3-7-27-5-1-9-35(43(27)37)45(47)53-39)51-31-15-19-33(20-16-31)59-34-21-17-32(18-22-34)52-50(58)30-14-24-40-42(26-30)56-48-38-12-4-8-28-6-2-10-36(44(28)38)46(48)54-40/h1-26H,(H,51,57)(H,52,58). The molecule has 2 aliphatic rings. The smallest absolute Gasteiger partial charge is 0.255 e. The van der Waals surface area contributed by atoms with Crippen molar-refractivity contribution in [1.29, 1.82) is 0 Å². The van der Waals surface area contributed by atoms with Crippen LogP contribution in [0, 0.1) is 0 Å². The highest BCUT2D eigenvalue weighted by Crippen LogP contribution is 2.47. The van der Waals surface area contributed by atoms with Gasteiger partial charge in [0.1, 0.15) is 11.5 Å². The van der Waals surface area contributed by atoms with Crippen LogP contribution in [0.15, 0.2) is 158 Å². The zero-order valence-corrected chi connectivity index (χ0v) is 31.0. The third kappa shape index (κ3) is 5.33. The van der Waals surface area contributed by atoms with Crippen LogP contribution in [0.2, 0.25) is 0 Å². The largest absolute Gasteiger partial charge is 0.457 e. The number of benzene rings is 8. The van der Waals surface area contributed by atoms with Crippen molar-refractivity contribution in [3.63, 3.8) is 0 Å². The Kier molecular flexibility index (Phi) is 7.03. The SMILES string of the molecule is O=C(Nc1ccc(Oc2ccc(NC(=O)c3ccc4nc5c(nc4c3)-c3cccc4cccc-5c34)cc2)cc1)c1ccc2nc3c(nc2c1)-c1cccc2cccc-3c12. The first-order valence-electron chi connectivity index (χ1n) is 19.2. The predicted octanol–water partition coefficient (Wildman–Crippen LogP) is 11.5. The predicted molar refractivity (Wildman–Crippen MR) is 232 cm³/mol. The summed E-state index contributed by atoms with van der Waals surface area (Å²) in [5.74, 6) is 0.673. The van der Waals surface area contributed by atoms with Crippen molar-refractivity contribution in [2.24, 2.45) is 0 Å². The maximum Gasteiger partial charge on any atom is 0.255 e. The van der Waals surface area contributed by atoms with Crippen LogP contribution in [0.4, 0.5) is 11.4 Å². The quantitative estimate of drug-likeness (QED) is 0.173. The molecule has 0 saturated heterocycles. The Morgan fingerprint density at radius 1 is 0.390 bits per heavy atom. The molecule has 0 spiro atoms. The summed E-state index contributed by atoms with van der Waals surface area (Å²) in [5.41, 5.74) is 12.7. The van der Waals surface area contributed by atoms with Gasteiger partial charge in [-0.25, -0.2) is 19.9 Å². The number of carbonyl (C=O) groups is 2. The molecule has 2 amide bonds. The fraction of sp³-hybridized carbons (Fsp3) is 0. The summed E-state index contributed by atoms with van der Waals surface area (Å²) in [4.78, 5) is 46.5. The first kappa shape index (κ1) is 32.9. The van der Waals surface area contributed by atoms with Crippen molar-refractivity contribution in [2.45, 2.75) is 0 Å². The lowest BCUT2D eigenvalue weighted by Gasteiger charge is -2.10. The van der Waals surface area contributed by atoms with E-state index in [1.807, 2.05) is 36.4 Å². The number of amides is 2. The van der Waals surface area contributed by atoms with Gasteiger partial charge in [-0.05, 0) is 95.7 Å². The Labute approximate surface area is 336 Å². The number of fused-ring (bicyclic) bond motifs is 8. The normalized spacial score (nSPS) is 11.9. The molecule has 2 aromatic heterocycles. The summed E-state index contributed by atoms with van der Waals surface area (Å²) >= 11 is 0. The topological polar surface area (TPSA) is 119 Å². The van der Waals surface area contributed by atoms with E-state index in [0.717, 1.165) is 77.6 Å². The van der Waals surface area contributed by atoms with Gasteiger partial charge in [0.2, 0.25) is 0 Å². The molecule has 2 heterocycles. The minimum atomic E-state index is -0.255. The molecule has 276 valence electrons. The first-order valence-corrected chi connectivity index (χ1v) is 19.2. The highest BCUT2D eigenvalue weighted by atomic mass is 16.5. The minimum Gasteiger partial charge on any atom is -0.457 e. The molecule has 10 aromatic rings. The van der Waals surface area contributed by atoms with Crippen LogP contribution in [-0.4, -0.2) is 31.8 Å². The molecule has 59 heavy (non-hydrogen) atoms. The molecule has 0 bridgehead atoms. The van der Waals surface area contributed by atoms with Crippen LogP contribution in [0.5, 0.6) is 11.5 Å². The summed E-state index contributed by atoms with van der Waals surface area (Å²) in [6.45, 7) is 0. The zero-order valence-electron chi connectivity index (χ0n) is 31.0. The second-order valence-corrected chi connectivity index (χ2v) is 14.7. The molecule has 0 saturated carbocycles. The third-order valence-corrected chi connectivity index (χ3v) is 11.1. The van der Waals surface area contributed by atoms with Gasteiger partial charge < -0.3 is 15.4 Å². The van der Waals surface area contributed by atoms with Crippen LogP contribution in [0.3, 0.4) is 0 Å². The molecule has 2 aliphatic carbocycles. The Balaban J connectivity index is 0.706. The molecule has 9 heteroatoms. The number of rotatable bonds is 6. The van der Waals surface area contributed by atoms with Crippen molar-refractivity contribution >= 4 is 66.8 Å². The highest BCUT2D eigenvalue weighted by Gasteiger charge is 2.26. The molecule has 0 unspecified atom stereocenters. The lowest BCUT2D eigenvalue weighted by Crippen LogP contribution is -2.12. The number of hydrogen-bond donors (Lipinski definition) is 2. The van der Waals surface area contributed by atoms with E-state index < -0.39 is 0 Å². The Morgan fingerprint density at radius 3 is 1.12 bits per heavy atom. The Bertz CT molecular complexity index is 3220. The minimum absolute atomic E-state index is 0.255. The second-order valence-electron chi connectivity index (χ2n) is 14.7. The number of nitrogens with zero attached hydrogens (tertiary/aromatic N) is 4. The molecule has 12 rings (SSSR count). The fourth-order valence-corrected chi connectivity index (χ4v) is 8.37. The van der Waals surface area contributed by atoms with Gasteiger partial charge in [-0.3, -0.25) is 9.59 Å². The van der Waals surface area contributed by atoms with E-state index in [1.54, 1.807) is 72.8 Å². The molecule has 8 aromatic carbocycles. The van der Waals surface area contributed by atoms with Gasteiger partial charge in [0, 0.05) is 55.5 Å². The molecular formula is C50H28N6O3. The van der Waals surface area contributed by atoms with E-state index in [4.69, 9.17) is 24.7 Å². The van der Waals surface area contributed by atoms with Gasteiger partial charge in [-0.15, -0.1) is 0 Å². The lowest BCUT2D eigenvalue weighted by atomic mass is 10.0. The van der Waals surface area contributed by atoms with E-state index in [9.17, 15) is 9.59 Å². The second kappa shape index (κ2) is 12.6. The molecule has 9 nitrogen and oxygen atoms in total. The number of carbonyl (C=O) groups excluding carboxylic acids is 2. The Hall–Kier alpha value is -8.30. The van der Waals surface area contributed by atoms with Gasteiger partial charge in [0.15, 0.2) is 0 Å². The van der Waals surface area contributed by atoms with Crippen molar-refractivity contribution in [3.05, 3.63) is 169 Å². The fourth-order valence-electron chi connectivity index (χ4n) is 8.37. The monoisotopic (exact) mass is 760 g/mol. The van der Waals surface area contributed by atoms with Crippen molar-refractivity contribution < 1.29 is 14.3 Å². The third-order valence-electron chi connectivity index (χ3n) is 11.1. The van der Waals surface area contributed by atoms with E-state index in [1.165, 1.54) is 0 Å². The van der Waals surface area contributed by atoms with Crippen LogP contribution in [-0.2, 0) is 0 Å². The van der Waals surface area contributed by atoms with Crippen LogP contribution >= 0.6 is 0 Å². The maximum absolute atomic E-state index is 13.3. The summed E-state index contributed by atoms with van der Waals surface area (Å²) in [6.07, 6.45) is 0. The van der Waals surface area contributed by atoms with Crippen molar-refractivity contribution in [3.8, 4) is 56.5 Å². The maximum atomic E-state index is 13.3. The average Bonchev–Trinajstić information content (AvgIpc) is 3.76. The molecule has 0 atom stereocenters. The lowest BCUT2D eigenvalue weighted by molar-refractivity contribution is 0.101. The summed E-state index contributed by atoms with van der Waals surface area (Å²) in [5, 5.41) is 10.6. The van der Waals surface area contributed by atoms with E-state index in [0.29, 0.717) is 45.0 Å². The zero-order chi connectivity index (χ0) is 39.2. The van der Waals surface area contributed by atoms with Gasteiger partial charge in [-0.1, -0.05) is 72.8 Å². The molecule has 0 aliphatic heterocycles. The first-order chi connectivity index (χ1) is 29.0. The number of nitrogens with one attached hydrogen (secondary N) is 2. The van der Waals surface area contributed by atoms with Gasteiger partial charge in [0.05, 0.1) is 44.8 Å². The van der Waals surface area contributed by atoms with Crippen molar-refractivity contribution in [2.75, 3.05) is 10.6 Å². The average molecular weight is 761 g/mol. The van der Waals surface area contributed by atoms with E-state index in [2.05, 4.69) is 59.2 Å². The molecule has 0 radical (unpaired) electrons. The molecule has 2 N–H and O–H groups in total. The number of hydrogen-bond acceptors (Lipinski definition) is 7. The van der Waals surface area contributed by atoms with Crippen LogP contribution in [0.1, 0.15) is 20.7 Å². The summed E-state index contributed by atoms with van der Waals surface area (Å²) in [7, 11) is 0. The van der Waals surface area contributed by atoms with Gasteiger partial charge in [-0.2, -0.15) is 0 Å². The van der Waals surface area contributed by atoms with Crippen LogP contribution in [0.25, 0.3) is 88.6 Å². The number of anilines is 2. The number of ether oxygens (including phenoxy) is 1. The molecule has 0 fully saturated rings. The highest BCUT2D eigenvalue weighted by molar-refractivity contribution is 6.16. The summed E-state index contributed by atoms with van der Waals surface area (Å²) in [6, 6.07) is 50.0. The van der Waals surface area contributed by atoms with Gasteiger partial charge >= 0.3 is 0 Å². The van der Waals surface area contributed by atoms with Crippen LogP contribution < -0.4 is 15.4 Å².